The van der Waals surface area contributed by atoms with Gasteiger partial charge in [0.05, 0.1) is 5.02 Å². The van der Waals surface area contributed by atoms with Crippen molar-refractivity contribution in [3.8, 4) is 0 Å². The summed E-state index contributed by atoms with van der Waals surface area (Å²) in [6.07, 6.45) is 2.46. The van der Waals surface area contributed by atoms with Crippen LogP contribution in [0, 0.1) is 0 Å². The van der Waals surface area contributed by atoms with Crippen LogP contribution < -0.4 is 10.6 Å². The van der Waals surface area contributed by atoms with Gasteiger partial charge in [-0.2, -0.15) is 0 Å². The highest BCUT2D eigenvalue weighted by atomic mass is 35.5. The molecule has 1 aromatic heterocycles. The number of nitrogens with zero attached hydrogens (tertiary/aromatic N) is 1. The van der Waals surface area contributed by atoms with E-state index in [9.17, 15) is 4.79 Å². The van der Waals surface area contributed by atoms with Crippen molar-refractivity contribution in [2.45, 2.75) is 13.0 Å². The molecule has 20 heavy (non-hydrogen) atoms. The number of hydrogen-bond donors (Lipinski definition) is 2. The van der Waals surface area contributed by atoms with Crippen LogP contribution in [-0.2, 0) is 13.0 Å². The number of rotatable bonds is 2. The molecule has 1 aliphatic rings. The Morgan fingerprint density at radius 3 is 3.00 bits per heavy atom. The highest BCUT2D eigenvalue weighted by Crippen LogP contribution is 2.23. The predicted molar refractivity (Wildman–Crippen MR) is 79.1 cm³/mol. The summed E-state index contributed by atoms with van der Waals surface area (Å²) in [6.45, 7) is 1.75. The van der Waals surface area contributed by atoms with Gasteiger partial charge in [-0.05, 0) is 42.3 Å². The molecule has 3 rings (SSSR count). The second-order valence-electron chi connectivity index (χ2n) is 4.69. The molecule has 0 bridgehead atoms. The molecule has 4 nitrogen and oxygen atoms in total. The summed E-state index contributed by atoms with van der Waals surface area (Å²) in [5, 5.41) is 6.76. The molecular formula is C15H14ClN3O. The van der Waals surface area contributed by atoms with Crippen LogP contribution in [0.4, 0.5) is 5.69 Å². The third-order valence-electron chi connectivity index (χ3n) is 3.35. The molecule has 2 N–H and O–H groups in total. The fourth-order valence-electron chi connectivity index (χ4n) is 2.33. The SMILES string of the molecule is O=C(Nc1cccc2c1CNCC2)c1ccc(Cl)cn1. The van der Waals surface area contributed by atoms with Gasteiger partial charge in [0.1, 0.15) is 5.69 Å². The summed E-state index contributed by atoms with van der Waals surface area (Å²) in [5.74, 6) is -0.222. The standard InChI is InChI=1S/C15H14ClN3O/c16-11-4-5-14(18-8-11)15(20)19-13-3-1-2-10-6-7-17-9-12(10)13/h1-5,8,17H,6-7,9H2,(H,19,20). The molecule has 0 saturated heterocycles. The van der Waals surface area contributed by atoms with Gasteiger partial charge in [-0.1, -0.05) is 23.7 Å². The van der Waals surface area contributed by atoms with Gasteiger partial charge in [0.2, 0.25) is 0 Å². The zero-order valence-electron chi connectivity index (χ0n) is 10.8. The van der Waals surface area contributed by atoms with Crippen molar-refractivity contribution < 1.29 is 4.79 Å². The van der Waals surface area contributed by atoms with Gasteiger partial charge < -0.3 is 10.6 Å². The number of nitrogens with one attached hydrogen (secondary N) is 2. The first-order valence-corrected chi connectivity index (χ1v) is 6.86. The van der Waals surface area contributed by atoms with Crippen molar-refractivity contribution in [3.05, 3.63) is 58.4 Å². The Balaban J connectivity index is 1.84. The van der Waals surface area contributed by atoms with E-state index < -0.39 is 0 Å². The van der Waals surface area contributed by atoms with Crippen molar-refractivity contribution in [3.63, 3.8) is 0 Å². The number of aromatic nitrogens is 1. The van der Waals surface area contributed by atoms with Crippen molar-refractivity contribution >= 4 is 23.2 Å². The van der Waals surface area contributed by atoms with Crippen LogP contribution in [0.2, 0.25) is 5.02 Å². The van der Waals surface area contributed by atoms with Crippen molar-refractivity contribution in [2.24, 2.45) is 0 Å². The predicted octanol–water partition coefficient (Wildman–Crippen LogP) is 2.63. The van der Waals surface area contributed by atoms with Crippen LogP contribution in [0.25, 0.3) is 0 Å². The third kappa shape index (κ3) is 2.66. The van der Waals surface area contributed by atoms with Crippen LogP contribution in [0.1, 0.15) is 21.6 Å². The van der Waals surface area contributed by atoms with Crippen LogP contribution in [0.5, 0.6) is 0 Å². The summed E-state index contributed by atoms with van der Waals surface area (Å²) in [7, 11) is 0. The molecule has 1 amide bonds. The maximum Gasteiger partial charge on any atom is 0.274 e. The first kappa shape index (κ1) is 13.1. The molecule has 0 unspecified atom stereocenters. The summed E-state index contributed by atoms with van der Waals surface area (Å²) >= 11 is 5.77. The van der Waals surface area contributed by atoms with E-state index in [1.807, 2.05) is 12.1 Å². The molecule has 0 radical (unpaired) electrons. The lowest BCUT2D eigenvalue weighted by Crippen LogP contribution is -2.25. The molecular weight excluding hydrogens is 274 g/mol. The molecule has 2 heterocycles. The monoisotopic (exact) mass is 287 g/mol. The fraction of sp³-hybridized carbons (Fsp3) is 0.200. The minimum Gasteiger partial charge on any atom is -0.320 e. The second-order valence-corrected chi connectivity index (χ2v) is 5.12. The number of hydrogen-bond acceptors (Lipinski definition) is 3. The minimum absolute atomic E-state index is 0.222. The molecule has 0 spiro atoms. The number of benzene rings is 1. The highest BCUT2D eigenvalue weighted by Gasteiger charge is 2.15. The number of carbonyl (C=O) groups excluding carboxylic acids is 1. The number of fused-ring (bicyclic) bond motifs is 1. The lowest BCUT2D eigenvalue weighted by molar-refractivity contribution is 0.102. The quantitative estimate of drug-likeness (QED) is 0.893. The van der Waals surface area contributed by atoms with Crippen LogP contribution >= 0.6 is 11.6 Å². The molecule has 102 valence electrons. The van der Waals surface area contributed by atoms with Gasteiger partial charge in [0.15, 0.2) is 0 Å². The Morgan fingerprint density at radius 1 is 1.30 bits per heavy atom. The zero-order chi connectivity index (χ0) is 13.9. The van der Waals surface area contributed by atoms with Crippen LogP contribution in [-0.4, -0.2) is 17.4 Å². The minimum atomic E-state index is -0.222. The van der Waals surface area contributed by atoms with Gasteiger partial charge in [-0.3, -0.25) is 4.79 Å². The second kappa shape index (κ2) is 5.61. The first-order chi connectivity index (χ1) is 9.74. The summed E-state index contributed by atoms with van der Waals surface area (Å²) < 4.78 is 0. The average Bonchev–Trinajstić information content (AvgIpc) is 2.48. The van der Waals surface area contributed by atoms with Crippen LogP contribution in [0.3, 0.4) is 0 Å². The van der Waals surface area contributed by atoms with E-state index in [1.54, 1.807) is 12.1 Å². The maximum atomic E-state index is 12.2. The lowest BCUT2D eigenvalue weighted by Gasteiger charge is -2.20. The van der Waals surface area contributed by atoms with Crippen molar-refractivity contribution in [1.29, 1.82) is 0 Å². The van der Waals surface area contributed by atoms with E-state index in [-0.39, 0.29) is 5.91 Å². The third-order valence-corrected chi connectivity index (χ3v) is 3.58. The molecule has 0 aliphatic carbocycles. The Morgan fingerprint density at radius 2 is 2.20 bits per heavy atom. The summed E-state index contributed by atoms with van der Waals surface area (Å²) in [6, 6.07) is 9.26. The van der Waals surface area contributed by atoms with E-state index in [1.165, 1.54) is 11.8 Å². The molecule has 0 fully saturated rings. The largest absolute Gasteiger partial charge is 0.320 e. The normalized spacial score (nSPS) is 13.7. The highest BCUT2D eigenvalue weighted by molar-refractivity contribution is 6.30. The van der Waals surface area contributed by atoms with E-state index in [4.69, 9.17) is 11.6 Å². The van der Waals surface area contributed by atoms with Crippen molar-refractivity contribution in [1.82, 2.24) is 10.3 Å². The number of pyridine rings is 1. The smallest absolute Gasteiger partial charge is 0.274 e. The van der Waals surface area contributed by atoms with Crippen molar-refractivity contribution in [2.75, 3.05) is 11.9 Å². The molecule has 0 saturated carbocycles. The van der Waals surface area contributed by atoms with E-state index in [2.05, 4.69) is 21.7 Å². The Labute approximate surface area is 122 Å². The Kier molecular flexibility index (Phi) is 3.67. The van der Waals surface area contributed by atoms with Crippen LogP contribution in [0.15, 0.2) is 36.5 Å². The first-order valence-electron chi connectivity index (χ1n) is 6.48. The fourth-order valence-corrected chi connectivity index (χ4v) is 2.44. The molecule has 2 aromatic rings. The maximum absolute atomic E-state index is 12.2. The number of halogens is 1. The number of carbonyl (C=O) groups is 1. The molecule has 1 aliphatic heterocycles. The summed E-state index contributed by atoms with van der Waals surface area (Å²) in [5.41, 5.74) is 3.64. The van der Waals surface area contributed by atoms with Gasteiger partial charge in [-0.25, -0.2) is 4.98 Å². The summed E-state index contributed by atoms with van der Waals surface area (Å²) in [4.78, 5) is 16.2. The van der Waals surface area contributed by atoms with Gasteiger partial charge in [-0.15, -0.1) is 0 Å². The molecule has 5 heteroatoms. The van der Waals surface area contributed by atoms with E-state index in [0.717, 1.165) is 30.8 Å². The lowest BCUT2D eigenvalue weighted by atomic mass is 9.99. The van der Waals surface area contributed by atoms with Gasteiger partial charge in [0, 0.05) is 18.4 Å². The molecule has 0 atom stereocenters. The van der Waals surface area contributed by atoms with E-state index >= 15 is 0 Å². The average molecular weight is 288 g/mol. The number of amides is 1. The van der Waals surface area contributed by atoms with Gasteiger partial charge >= 0.3 is 0 Å². The zero-order valence-corrected chi connectivity index (χ0v) is 11.6. The topological polar surface area (TPSA) is 54.0 Å². The Bertz CT molecular complexity index is 640. The number of anilines is 1. The van der Waals surface area contributed by atoms with E-state index in [0.29, 0.717) is 10.7 Å². The molecule has 1 aromatic carbocycles. The van der Waals surface area contributed by atoms with Gasteiger partial charge in [0.25, 0.3) is 5.91 Å². The Hall–Kier alpha value is -1.91.